The van der Waals surface area contributed by atoms with Crippen LogP contribution in [0, 0.1) is 5.41 Å². The number of nitrogens with one attached hydrogen (secondary N) is 1. The zero-order valence-electron chi connectivity index (χ0n) is 12.5. The second-order valence-corrected chi connectivity index (χ2v) is 4.94. The molecule has 0 fully saturated rings. The highest BCUT2D eigenvalue weighted by Gasteiger charge is 2.32. The van der Waals surface area contributed by atoms with Crippen molar-refractivity contribution in [2.45, 2.75) is 33.2 Å². The van der Waals surface area contributed by atoms with E-state index in [1.807, 2.05) is 19.9 Å². The Hall–Kier alpha value is -1.59. The van der Waals surface area contributed by atoms with Gasteiger partial charge >= 0.3 is 0 Å². The number of hydrogen-bond donors (Lipinski definition) is 3. The molecule has 5 nitrogen and oxygen atoms in total. The maximum Gasteiger partial charge on any atom is 0.248 e. The molecular formula is C15H24ClN3O2. The summed E-state index contributed by atoms with van der Waals surface area (Å²) in [5.74, 6) is -0.522. The number of carbonyl (C=O) groups is 2. The van der Waals surface area contributed by atoms with Gasteiger partial charge < -0.3 is 16.8 Å². The lowest BCUT2D eigenvalue weighted by atomic mass is 9.81. The van der Waals surface area contributed by atoms with Gasteiger partial charge in [0.05, 0.1) is 5.41 Å². The van der Waals surface area contributed by atoms with Gasteiger partial charge in [-0.3, -0.25) is 9.59 Å². The van der Waals surface area contributed by atoms with Crippen LogP contribution in [-0.4, -0.2) is 18.4 Å². The summed E-state index contributed by atoms with van der Waals surface area (Å²) in [7, 11) is 0. The van der Waals surface area contributed by atoms with Gasteiger partial charge in [0, 0.05) is 18.7 Å². The molecule has 0 saturated heterocycles. The number of halogens is 1. The number of hydrogen-bond acceptors (Lipinski definition) is 3. The molecule has 0 aliphatic heterocycles. The largest absolute Gasteiger partial charge is 0.366 e. The first-order valence-corrected chi connectivity index (χ1v) is 6.86. The highest BCUT2D eigenvalue weighted by Crippen LogP contribution is 2.25. The summed E-state index contributed by atoms with van der Waals surface area (Å²) in [6.07, 6.45) is 1.40. The summed E-state index contributed by atoms with van der Waals surface area (Å²) in [6.45, 7) is 4.61. The summed E-state index contributed by atoms with van der Waals surface area (Å²) < 4.78 is 0. The maximum absolute atomic E-state index is 12.3. The van der Waals surface area contributed by atoms with E-state index < -0.39 is 11.3 Å². The highest BCUT2D eigenvalue weighted by atomic mass is 35.5. The van der Waals surface area contributed by atoms with E-state index in [0.29, 0.717) is 31.5 Å². The zero-order valence-corrected chi connectivity index (χ0v) is 13.3. The lowest BCUT2D eigenvalue weighted by molar-refractivity contribution is -0.131. The van der Waals surface area contributed by atoms with E-state index >= 15 is 0 Å². The molecular weight excluding hydrogens is 290 g/mol. The van der Waals surface area contributed by atoms with E-state index in [4.69, 9.17) is 11.5 Å². The van der Waals surface area contributed by atoms with Gasteiger partial charge in [0.2, 0.25) is 11.8 Å². The number of rotatable bonds is 7. The van der Waals surface area contributed by atoms with Crippen LogP contribution < -0.4 is 16.8 Å². The van der Waals surface area contributed by atoms with Gasteiger partial charge in [0.25, 0.3) is 0 Å². The van der Waals surface area contributed by atoms with Gasteiger partial charge in [-0.2, -0.15) is 0 Å². The second-order valence-electron chi connectivity index (χ2n) is 4.94. The molecule has 1 rings (SSSR count). The molecule has 0 saturated carbocycles. The van der Waals surface area contributed by atoms with Crippen molar-refractivity contribution in [1.82, 2.24) is 5.32 Å². The van der Waals surface area contributed by atoms with E-state index in [1.54, 1.807) is 18.2 Å². The second kappa shape index (κ2) is 8.64. The summed E-state index contributed by atoms with van der Waals surface area (Å²) in [5.41, 5.74) is 11.7. The van der Waals surface area contributed by atoms with Crippen LogP contribution in [0.5, 0.6) is 0 Å². The van der Waals surface area contributed by atoms with Crippen LogP contribution in [0.4, 0.5) is 0 Å². The van der Waals surface area contributed by atoms with Gasteiger partial charge in [-0.25, -0.2) is 0 Å². The summed E-state index contributed by atoms with van der Waals surface area (Å²) in [4.78, 5) is 23.4. The van der Waals surface area contributed by atoms with Crippen molar-refractivity contribution in [3.63, 3.8) is 0 Å². The summed E-state index contributed by atoms with van der Waals surface area (Å²) >= 11 is 0. The number of amides is 2. The van der Waals surface area contributed by atoms with Gasteiger partial charge in [-0.05, 0) is 30.5 Å². The molecule has 0 aromatic heterocycles. The molecule has 1 aromatic carbocycles. The average molecular weight is 314 g/mol. The van der Waals surface area contributed by atoms with Gasteiger partial charge in [-0.1, -0.05) is 26.0 Å². The molecule has 0 aliphatic rings. The van der Waals surface area contributed by atoms with E-state index in [0.717, 1.165) is 5.56 Å². The molecule has 1 aromatic rings. The molecule has 0 atom stereocenters. The first-order chi connectivity index (χ1) is 9.49. The predicted octanol–water partition coefficient (Wildman–Crippen LogP) is 1.59. The van der Waals surface area contributed by atoms with Crippen molar-refractivity contribution in [3.8, 4) is 0 Å². The lowest BCUT2D eigenvalue weighted by Gasteiger charge is -2.28. The van der Waals surface area contributed by atoms with Crippen LogP contribution in [0.3, 0.4) is 0 Å². The first kappa shape index (κ1) is 19.4. The third kappa shape index (κ3) is 4.72. The molecule has 0 radical (unpaired) electrons. The van der Waals surface area contributed by atoms with Crippen LogP contribution in [0.15, 0.2) is 24.3 Å². The SMILES string of the molecule is CCC(CC)(CN)C(=O)NCc1cccc(C(N)=O)c1.Cl. The van der Waals surface area contributed by atoms with Crippen molar-refractivity contribution < 1.29 is 9.59 Å². The third-order valence-corrected chi connectivity index (χ3v) is 3.89. The molecule has 0 bridgehead atoms. The number of primary amides is 1. The maximum atomic E-state index is 12.3. The Morgan fingerprint density at radius 2 is 1.86 bits per heavy atom. The predicted molar refractivity (Wildman–Crippen MR) is 86.1 cm³/mol. The zero-order chi connectivity index (χ0) is 15.2. The van der Waals surface area contributed by atoms with Gasteiger partial charge in [0.15, 0.2) is 0 Å². The average Bonchev–Trinajstić information content (AvgIpc) is 2.47. The normalized spacial score (nSPS) is 10.6. The number of benzene rings is 1. The Labute approximate surface area is 131 Å². The smallest absolute Gasteiger partial charge is 0.248 e. The molecule has 0 unspecified atom stereocenters. The summed E-state index contributed by atoms with van der Waals surface area (Å²) in [6, 6.07) is 6.92. The minimum atomic E-state index is -0.513. The van der Waals surface area contributed by atoms with Crippen molar-refractivity contribution in [2.24, 2.45) is 16.9 Å². The molecule has 0 spiro atoms. The Morgan fingerprint density at radius 1 is 1.24 bits per heavy atom. The fourth-order valence-corrected chi connectivity index (χ4v) is 2.16. The van der Waals surface area contributed by atoms with Crippen LogP contribution in [-0.2, 0) is 11.3 Å². The van der Waals surface area contributed by atoms with Crippen LogP contribution in [0.25, 0.3) is 0 Å². The van der Waals surface area contributed by atoms with Crippen molar-refractivity contribution in [2.75, 3.05) is 6.54 Å². The number of nitrogens with two attached hydrogens (primary N) is 2. The van der Waals surface area contributed by atoms with Crippen LogP contribution in [0.2, 0.25) is 0 Å². The molecule has 6 heteroatoms. The van der Waals surface area contributed by atoms with E-state index in [2.05, 4.69) is 5.32 Å². The molecule has 5 N–H and O–H groups in total. The fraction of sp³-hybridized carbons (Fsp3) is 0.467. The monoisotopic (exact) mass is 313 g/mol. The van der Waals surface area contributed by atoms with Gasteiger partial charge in [-0.15, -0.1) is 12.4 Å². The van der Waals surface area contributed by atoms with Crippen molar-refractivity contribution in [3.05, 3.63) is 35.4 Å². The quantitative estimate of drug-likeness (QED) is 0.713. The minimum absolute atomic E-state index is 0. The van der Waals surface area contributed by atoms with E-state index in [-0.39, 0.29) is 18.3 Å². The molecule has 0 aliphatic carbocycles. The Kier molecular flexibility index (Phi) is 7.99. The van der Waals surface area contributed by atoms with E-state index in [9.17, 15) is 9.59 Å². The number of carbonyl (C=O) groups excluding carboxylic acids is 2. The highest BCUT2D eigenvalue weighted by molar-refractivity contribution is 5.92. The standard InChI is InChI=1S/C15H23N3O2.ClH/c1-3-15(4-2,10-16)14(20)18-9-11-6-5-7-12(8-11)13(17)19;/h5-8H,3-4,9-10,16H2,1-2H3,(H2,17,19)(H,18,20);1H. The van der Waals surface area contributed by atoms with Gasteiger partial charge in [0.1, 0.15) is 0 Å². The van der Waals surface area contributed by atoms with Crippen molar-refractivity contribution in [1.29, 1.82) is 0 Å². The molecule has 2 amide bonds. The van der Waals surface area contributed by atoms with Crippen molar-refractivity contribution >= 4 is 24.2 Å². The van der Waals surface area contributed by atoms with E-state index in [1.165, 1.54) is 0 Å². The topological polar surface area (TPSA) is 98.2 Å². The first-order valence-electron chi connectivity index (χ1n) is 6.86. The molecule has 118 valence electrons. The molecule has 21 heavy (non-hydrogen) atoms. The Balaban J connectivity index is 0.00000400. The minimum Gasteiger partial charge on any atom is -0.366 e. The lowest BCUT2D eigenvalue weighted by Crippen LogP contribution is -2.45. The Bertz CT molecular complexity index is 479. The van der Waals surface area contributed by atoms with Crippen LogP contribution in [0.1, 0.15) is 42.6 Å². The Morgan fingerprint density at radius 3 is 2.33 bits per heavy atom. The summed E-state index contributed by atoms with van der Waals surface area (Å²) in [5, 5.41) is 2.89. The fourth-order valence-electron chi connectivity index (χ4n) is 2.16. The van der Waals surface area contributed by atoms with Crippen LogP contribution >= 0.6 is 12.4 Å². The molecule has 0 heterocycles. The third-order valence-electron chi connectivity index (χ3n) is 3.89.